The van der Waals surface area contributed by atoms with Gasteiger partial charge in [0.15, 0.2) is 0 Å². The van der Waals surface area contributed by atoms with E-state index >= 15 is 0 Å². The lowest BCUT2D eigenvalue weighted by atomic mass is 10.2. The molecule has 0 spiro atoms. The van der Waals surface area contributed by atoms with Gasteiger partial charge in [0.1, 0.15) is 17.6 Å². The van der Waals surface area contributed by atoms with E-state index in [-0.39, 0.29) is 12.5 Å². The van der Waals surface area contributed by atoms with E-state index in [1.165, 1.54) is 0 Å². The van der Waals surface area contributed by atoms with Gasteiger partial charge in [-0.1, -0.05) is 11.6 Å². The van der Waals surface area contributed by atoms with Crippen molar-refractivity contribution in [1.82, 2.24) is 4.90 Å². The second-order valence-electron chi connectivity index (χ2n) is 5.65. The highest BCUT2D eigenvalue weighted by atomic mass is 35.5. The topological polar surface area (TPSA) is 82.4 Å². The number of nitriles is 1. The first kappa shape index (κ1) is 17.8. The Balaban J connectivity index is 1.70. The van der Waals surface area contributed by atoms with Gasteiger partial charge in [-0.15, -0.1) is 0 Å². The summed E-state index contributed by atoms with van der Waals surface area (Å²) in [6.45, 7) is 0.988. The molecule has 26 heavy (non-hydrogen) atoms. The number of rotatable bonds is 7. The molecule has 0 aliphatic carbocycles. The Morgan fingerprint density at radius 3 is 2.31 bits per heavy atom. The zero-order valence-corrected chi connectivity index (χ0v) is 14.6. The number of halogens is 1. The first-order chi connectivity index (χ1) is 12.6. The van der Waals surface area contributed by atoms with Gasteiger partial charge in [0.2, 0.25) is 5.91 Å². The highest BCUT2D eigenvalue weighted by Crippen LogP contribution is 2.20. The van der Waals surface area contributed by atoms with E-state index in [2.05, 4.69) is 5.32 Å². The third-order valence-corrected chi connectivity index (χ3v) is 3.90. The first-order valence-electron chi connectivity index (χ1n) is 7.90. The average Bonchev–Trinajstić information content (AvgIpc) is 3.29. The van der Waals surface area contributed by atoms with Gasteiger partial charge in [0.05, 0.1) is 43.4 Å². The van der Waals surface area contributed by atoms with Gasteiger partial charge in [-0.05, 0) is 42.5 Å². The number of carbonyl (C=O) groups is 1. The van der Waals surface area contributed by atoms with Crippen LogP contribution in [0.2, 0.25) is 5.02 Å². The van der Waals surface area contributed by atoms with E-state index in [4.69, 9.17) is 25.7 Å². The summed E-state index contributed by atoms with van der Waals surface area (Å²) in [5.41, 5.74) is 0.743. The number of hydrogen-bond acceptors (Lipinski definition) is 5. The number of hydrogen-bond donors (Lipinski definition) is 1. The first-order valence-corrected chi connectivity index (χ1v) is 8.28. The van der Waals surface area contributed by atoms with Crippen molar-refractivity contribution < 1.29 is 13.6 Å². The second-order valence-corrected chi connectivity index (χ2v) is 6.09. The van der Waals surface area contributed by atoms with Gasteiger partial charge in [-0.25, -0.2) is 0 Å². The highest BCUT2D eigenvalue weighted by Gasteiger charge is 2.16. The molecule has 3 rings (SSSR count). The van der Waals surface area contributed by atoms with Crippen LogP contribution in [0.5, 0.6) is 0 Å². The second kappa shape index (κ2) is 8.39. The van der Waals surface area contributed by atoms with Crippen LogP contribution >= 0.6 is 11.6 Å². The Morgan fingerprint density at radius 2 is 1.77 bits per heavy atom. The Bertz CT molecular complexity index is 863. The van der Waals surface area contributed by atoms with Crippen molar-refractivity contribution in [1.29, 1.82) is 5.26 Å². The molecule has 2 heterocycles. The van der Waals surface area contributed by atoms with Gasteiger partial charge in [-0.3, -0.25) is 9.69 Å². The maximum absolute atomic E-state index is 12.5. The molecule has 0 radical (unpaired) electrons. The molecule has 1 aromatic carbocycles. The smallest absolute Gasteiger partial charge is 0.238 e. The monoisotopic (exact) mass is 369 g/mol. The molecule has 0 bridgehead atoms. The maximum Gasteiger partial charge on any atom is 0.238 e. The molecule has 0 saturated heterocycles. The van der Waals surface area contributed by atoms with E-state index in [9.17, 15) is 4.79 Å². The summed E-state index contributed by atoms with van der Waals surface area (Å²) in [4.78, 5) is 14.4. The van der Waals surface area contributed by atoms with Crippen LogP contribution in [-0.4, -0.2) is 17.4 Å². The minimum atomic E-state index is -0.262. The maximum atomic E-state index is 12.5. The van der Waals surface area contributed by atoms with E-state index in [0.717, 1.165) is 11.5 Å². The van der Waals surface area contributed by atoms with E-state index in [1.807, 2.05) is 23.1 Å². The fourth-order valence-corrected chi connectivity index (χ4v) is 2.70. The lowest BCUT2D eigenvalue weighted by Gasteiger charge is -2.19. The minimum Gasteiger partial charge on any atom is -0.468 e. The third kappa shape index (κ3) is 4.76. The number of furan rings is 2. The normalized spacial score (nSPS) is 10.7. The molecule has 1 amide bonds. The summed E-state index contributed by atoms with van der Waals surface area (Å²) < 4.78 is 10.7. The molecule has 0 fully saturated rings. The van der Waals surface area contributed by atoms with Gasteiger partial charge < -0.3 is 14.2 Å². The molecular weight excluding hydrogens is 354 g/mol. The van der Waals surface area contributed by atoms with Crippen LogP contribution < -0.4 is 5.32 Å². The van der Waals surface area contributed by atoms with Crippen molar-refractivity contribution in [3.05, 3.63) is 77.1 Å². The molecule has 6 nitrogen and oxygen atoms in total. The summed E-state index contributed by atoms with van der Waals surface area (Å²) in [5.74, 6) is 1.22. The predicted octanol–water partition coefficient (Wildman–Crippen LogP) is 4.04. The standard InChI is InChI=1S/C19H16ClN3O3/c20-15-6-5-14(10-21)18(9-15)22-19(24)13-23(11-16-3-1-7-25-16)12-17-4-2-8-26-17/h1-9H,11-13H2,(H,22,24). The number of nitrogens with one attached hydrogen (secondary N) is 1. The number of amides is 1. The third-order valence-electron chi connectivity index (χ3n) is 3.66. The highest BCUT2D eigenvalue weighted by molar-refractivity contribution is 6.31. The molecule has 0 aliphatic heterocycles. The number of nitrogens with zero attached hydrogens (tertiary/aromatic N) is 2. The van der Waals surface area contributed by atoms with Gasteiger partial charge in [0.25, 0.3) is 0 Å². The Morgan fingerprint density at radius 1 is 1.12 bits per heavy atom. The van der Waals surface area contributed by atoms with Crippen LogP contribution in [0.1, 0.15) is 17.1 Å². The molecule has 1 N–H and O–H groups in total. The largest absolute Gasteiger partial charge is 0.468 e. The molecule has 132 valence electrons. The zero-order valence-electron chi connectivity index (χ0n) is 13.8. The van der Waals surface area contributed by atoms with Crippen LogP contribution in [0, 0.1) is 11.3 Å². The zero-order chi connectivity index (χ0) is 18.4. The molecular formula is C19H16ClN3O3. The lowest BCUT2D eigenvalue weighted by Crippen LogP contribution is -2.32. The van der Waals surface area contributed by atoms with Crippen molar-refractivity contribution >= 4 is 23.2 Å². The van der Waals surface area contributed by atoms with Crippen LogP contribution in [0.4, 0.5) is 5.69 Å². The lowest BCUT2D eigenvalue weighted by molar-refractivity contribution is -0.117. The molecule has 0 saturated carbocycles. The van der Waals surface area contributed by atoms with Gasteiger partial charge in [-0.2, -0.15) is 5.26 Å². The average molecular weight is 370 g/mol. The van der Waals surface area contributed by atoms with E-state index < -0.39 is 0 Å². The van der Waals surface area contributed by atoms with Crippen molar-refractivity contribution in [2.75, 3.05) is 11.9 Å². The quantitative estimate of drug-likeness (QED) is 0.679. The summed E-state index contributed by atoms with van der Waals surface area (Å²) in [6, 6.07) is 14.1. The Hall–Kier alpha value is -3.01. The van der Waals surface area contributed by atoms with Crippen molar-refractivity contribution in [3.8, 4) is 6.07 Å². The predicted molar refractivity (Wildman–Crippen MR) is 96.3 cm³/mol. The molecule has 3 aromatic rings. The van der Waals surface area contributed by atoms with E-state index in [1.54, 1.807) is 42.9 Å². The van der Waals surface area contributed by atoms with Crippen molar-refractivity contribution in [3.63, 3.8) is 0 Å². The Labute approximate surface area is 155 Å². The summed E-state index contributed by atoms with van der Waals surface area (Å²) in [6.07, 6.45) is 3.18. The number of carbonyl (C=O) groups excluding carboxylic acids is 1. The van der Waals surface area contributed by atoms with E-state index in [0.29, 0.717) is 29.4 Å². The fourth-order valence-electron chi connectivity index (χ4n) is 2.52. The van der Waals surface area contributed by atoms with Crippen LogP contribution in [-0.2, 0) is 17.9 Å². The van der Waals surface area contributed by atoms with Crippen molar-refractivity contribution in [2.24, 2.45) is 0 Å². The fraction of sp³-hybridized carbons (Fsp3) is 0.158. The molecule has 2 aromatic heterocycles. The molecule has 0 atom stereocenters. The molecule has 0 unspecified atom stereocenters. The van der Waals surface area contributed by atoms with Crippen LogP contribution in [0.15, 0.2) is 63.8 Å². The summed E-state index contributed by atoms with van der Waals surface area (Å²) in [7, 11) is 0. The number of benzene rings is 1. The summed E-state index contributed by atoms with van der Waals surface area (Å²) in [5, 5.41) is 12.4. The summed E-state index contributed by atoms with van der Waals surface area (Å²) >= 11 is 5.96. The van der Waals surface area contributed by atoms with Gasteiger partial charge >= 0.3 is 0 Å². The minimum absolute atomic E-state index is 0.0960. The van der Waals surface area contributed by atoms with Gasteiger partial charge in [0, 0.05) is 5.02 Å². The van der Waals surface area contributed by atoms with Crippen LogP contribution in [0.25, 0.3) is 0 Å². The van der Waals surface area contributed by atoms with Crippen LogP contribution in [0.3, 0.4) is 0 Å². The van der Waals surface area contributed by atoms with Crippen molar-refractivity contribution in [2.45, 2.75) is 13.1 Å². The molecule has 7 heteroatoms. The number of anilines is 1. The SMILES string of the molecule is N#Cc1ccc(Cl)cc1NC(=O)CN(Cc1ccco1)Cc1ccco1. The Kier molecular flexibility index (Phi) is 5.74. The molecule has 0 aliphatic rings.